The smallest absolute Gasteiger partial charge is 0.226 e. The molecule has 170 valence electrons. The minimum absolute atomic E-state index is 0.0155. The summed E-state index contributed by atoms with van der Waals surface area (Å²) in [6, 6.07) is 10.5. The van der Waals surface area contributed by atoms with Gasteiger partial charge < -0.3 is 25.5 Å². The molecule has 0 radical (unpaired) electrons. The number of hydrazine groups is 1. The summed E-state index contributed by atoms with van der Waals surface area (Å²) in [5.74, 6) is 0.452. The SMILES string of the molecule is OC[C@H]1O[C@@H](n2cnc3c(NN4CCCCC4c4ccccc4)nc(Cl)nc32)C(O)C1O. The Morgan fingerprint density at radius 3 is 2.69 bits per heavy atom. The van der Waals surface area contributed by atoms with Crippen molar-refractivity contribution in [1.82, 2.24) is 24.5 Å². The second-order valence-electron chi connectivity index (χ2n) is 8.12. The van der Waals surface area contributed by atoms with Crippen LogP contribution in [0, 0.1) is 0 Å². The number of rotatable bonds is 5. The molecule has 4 heterocycles. The molecule has 5 rings (SSSR count). The molecule has 0 aliphatic carbocycles. The predicted octanol–water partition coefficient (Wildman–Crippen LogP) is 1.65. The van der Waals surface area contributed by atoms with Crippen LogP contribution in [0.5, 0.6) is 0 Å². The van der Waals surface area contributed by atoms with Crippen LogP contribution in [-0.4, -0.2) is 71.3 Å². The van der Waals surface area contributed by atoms with E-state index in [0.717, 1.165) is 25.8 Å². The summed E-state index contributed by atoms with van der Waals surface area (Å²) in [7, 11) is 0. The quantitative estimate of drug-likeness (QED) is 0.420. The van der Waals surface area contributed by atoms with E-state index in [1.54, 1.807) is 0 Å². The van der Waals surface area contributed by atoms with Gasteiger partial charge in [-0.3, -0.25) is 4.57 Å². The number of aliphatic hydroxyl groups is 3. The molecule has 5 atom stereocenters. The van der Waals surface area contributed by atoms with Gasteiger partial charge in [0.1, 0.15) is 18.3 Å². The van der Waals surface area contributed by atoms with E-state index < -0.39 is 31.1 Å². The van der Waals surface area contributed by atoms with Gasteiger partial charge in [-0.15, -0.1) is 0 Å². The molecule has 3 aromatic rings. The van der Waals surface area contributed by atoms with Crippen molar-refractivity contribution in [3.05, 3.63) is 47.5 Å². The molecule has 4 N–H and O–H groups in total. The van der Waals surface area contributed by atoms with Gasteiger partial charge in [0.05, 0.1) is 19.0 Å². The van der Waals surface area contributed by atoms with Crippen molar-refractivity contribution >= 4 is 28.6 Å². The third kappa shape index (κ3) is 3.83. The summed E-state index contributed by atoms with van der Waals surface area (Å²) in [5, 5.41) is 32.1. The number of aliphatic hydroxyl groups excluding tert-OH is 3. The van der Waals surface area contributed by atoms with Crippen LogP contribution in [0.1, 0.15) is 37.1 Å². The van der Waals surface area contributed by atoms with Gasteiger partial charge in [0.25, 0.3) is 0 Å². The highest BCUT2D eigenvalue weighted by Gasteiger charge is 2.44. The molecule has 2 aliphatic heterocycles. The first kappa shape index (κ1) is 21.5. The lowest BCUT2D eigenvalue weighted by molar-refractivity contribution is -0.0511. The first-order valence-electron chi connectivity index (χ1n) is 10.7. The third-order valence-corrected chi connectivity index (χ3v) is 6.29. The Morgan fingerprint density at radius 1 is 1.12 bits per heavy atom. The van der Waals surface area contributed by atoms with Crippen LogP contribution >= 0.6 is 11.6 Å². The molecule has 2 aliphatic rings. The lowest BCUT2D eigenvalue weighted by Gasteiger charge is -2.36. The van der Waals surface area contributed by atoms with Crippen molar-refractivity contribution in [2.24, 2.45) is 0 Å². The molecule has 0 spiro atoms. The van der Waals surface area contributed by atoms with Crippen LogP contribution in [0.25, 0.3) is 11.2 Å². The highest BCUT2D eigenvalue weighted by Crippen LogP contribution is 2.35. The first-order chi connectivity index (χ1) is 15.6. The van der Waals surface area contributed by atoms with Gasteiger partial charge in [-0.05, 0) is 30.0 Å². The fourth-order valence-electron chi connectivity index (χ4n) is 4.49. The number of hydrogen-bond acceptors (Lipinski definition) is 9. The number of imidazole rings is 1. The molecule has 3 unspecified atom stereocenters. The summed E-state index contributed by atoms with van der Waals surface area (Å²) in [5.41, 5.74) is 5.42. The highest BCUT2D eigenvalue weighted by atomic mass is 35.5. The van der Waals surface area contributed by atoms with Gasteiger partial charge in [-0.2, -0.15) is 9.97 Å². The number of nitrogens with one attached hydrogen (secondary N) is 1. The molecule has 2 aromatic heterocycles. The van der Waals surface area contributed by atoms with Crippen molar-refractivity contribution in [2.45, 2.75) is 49.8 Å². The van der Waals surface area contributed by atoms with Crippen molar-refractivity contribution < 1.29 is 20.1 Å². The number of hydrogen-bond donors (Lipinski definition) is 4. The highest BCUT2D eigenvalue weighted by molar-refractivity contribution is 6.28. The second-order valence-corrected chi connectivity index (χ2v) is 8.46. The first-order valence-corrected chi connectivity index (χ1v) is 11.1. The van der Waals surface area contributed by atoms with Crippen LogP contribution in [-0.2, 0) is 4.74 Å². The third-order valence-electron chi connectivity index (χ3n) is 6.12. The summed E-state index contributed by atoms with van der Waals surface area (Å²) in [4.78, 5) is 13.1. The lowest BCUT2D eigenvalue weighted by atomic mass is 9.97. The Balaban J connectivity index is 1.48. The fourth-order valence-corrected chi connectivity index (χ4v) is 4.65. The van der Waals surface area contributed by atoms with Crippen molar-refractivity contribution in [3.8, 4) is 0 Å². The minimum atomic E-state index is -1.25. The predicted molar refractivity (Wildman–Crippen MR) is 117 cm³/mol. The Hall–Kier alpha value is -2.34. The zero-order chi connectivity index (χ0) is 22.2. The van der Waals surface area contributed by atoms with E-state index in [-0.39, 0.29) is 11.3 Å². The van der Waals surface area contributed by atoms with Crippen molar-refractivity contribution in [3.63, 3.8) is 0 Å². The van der Waals surface area contributed by atoms with Crippen LogP contribution < -0.4 is 5.43 Å². The number of aromatic nitrogens is 4. The number of benzene rings is 1. The zero-order valence-electron chi connectivity index (χ0n) is 17.3. The minimum Gasteiger partial charge on any atom is -0.394 e. The molecule has 1 aromatic carbocycles. The maximum atomic E-state index is 10.4. The summed E-state index contributed by atoms with van der Waals surface area (Å²) < 4.78 is 7.13. The van der Waals surface area contributed by atoms with Gasteiger partial charge in [-0.25, -0.2) is 9.99 Å². The molecular weight excluding hydrogens is 436 g/mol. The molecule has 2 saturated heterocycles. The molecule has 2 fully saturated rings. The standard InChI is InChI=1S/C21H25ClN6O4/c22-21-24-18(26-28-9-5-4-8-13(28)12-6-2-1-3-7-12)15-19(25-21)27(11-23-15)20-17(31)16(30)14(10-29)32-20/h1-3,6-7,11,13-14,16-17,20,29-31H,4-5,8-10H2,(H,24,25,26)/t13?,14-,16?,17?,20-/m1/s1. The van der Waals surface area contributed by atoms with Crippen LogP contribution in [0.15, 0.2) is 36.7 Å². The summed E-state index contributed by atoms with van der Waals surface area (Å²) in [6.07, 6.45) is 0.325. The molecule has 0 bridgehead atoms. The molecule has 0 saturated carbocycles. The molecular formula is C21H25ClN6O4. The molecule has 11 heteroatoms. The second kappa shape index (κ2) is 8.89. The van der Waals surface area contributed by atoms with E-state index in [9.17, 15) is 15.3 Å². The van der Waals surface area contributed by atoms with E-state index in [1.807, 2.05) is 18.2 Å². The Kier molecular flexibility index (Phi) is 5.97. The Morgan fingerprint density at radius 2 is 1.94 bits per heavy atom. The number of anilines is 1. The van der Waals surface area contributed by atoms with Gasteiger partial charge in [-0.1, -0.05) is 36.8 Å². The average Bonchev–Trinajstić information content (AvgIpc) is 3.35. The Labute approximate surface area is 189 Å². The van der Waals surface area contributed by atoms with Gasteiger partial charge in [0, 0.05) is 6.54 Å². The molecule has 32 heavy (non-hydrogen) atoms. The average molecular weight is 461 g/mol. The van der Waals surface area contributed by atoms with Gasteiger partial charge >= 0.3 is 0 Å². The van der Waals surface area contributed by atoms with Gasteiger partial charge in [0.15, 0.2) is 23.2 Å². The zero-order valence-corrected chi connectivity index (χ0v) is 18.0. The Bertz CT molecular complexity index is 1080. The normalized spacial score (nSPS) is 28.9. The number of nitrogens with zero attached hydrogens (tertiary/aromatic N) is 5. The molecule has 10 nitrogen and oxygen atoms in total. The van der Waals surface area contributed by atoms with Crippen molar-refractivity contribution in [1.29, 1.82) is 0 Å². The van der Waals surface area contributed by atoms with E-state index in [1.165, 1.54) is 16.5 Å². The largest absolute Gasteiger partial charge is 0.394 e. The van der Waals surface area contributed by atoms with Gasteiger partial charge in [0.2, 0.25) is 5.28 Å². The van der Waals surface area contributed by atoms with Crippen molar-refractivity contribution in [2.75, 3.05) is 18.6 Å². The monoisotopic (exact) mass is 460 g/mol. The number of ether oxygens (including phenoxy) is 1. The number of piperidine rings is 1. The summed E-state index contributed by atoms with van der Waals surface area (Å²) >= 11 is 6.24. The maximum absolute atomic E-state index is 10.4. The number of halogens is 1. The lowest BCUT2D eigenvalue weighted by Crippen LogP contribution is -2.38. The van der Waals surface area contributed by atoms with E-state index in [4.69, 9.17) is 16.3 Å². The van der Waals surface area contributed by atoms with E-state index >= 15 is 0 Å². The fraction of sp³-hybridized carbons (Fsp3) is 0.476. The maximum Gasteiger partial charge on any atom is 0.226 e. The van der Waals surface area contributed by atoms with Crippen LogP contribution in [0.4, 0.5) is 5.82 Å². The number of fused-ring (bicyclic) bond motifs is 1. The molecule has 0 amide bonds. The van der Waals surface area contributed by atoms with E-state index in [2.05, 4.69) is 37.5 Å². The van der Waals surface area contributed by atoms with E-state index in [0.29, 0.717) is 17.0 Å². The van der Waals surface area contributed by atoms with Crippen LogP contribution in [0.3, 0.4) is 0 Å². The van der Waals surface area contributed by atoms with Crippen LogP contribution in [0.2, 0.25) is 5.28 Å². The summed E-state index contributed by atoms with van der Waals surface area (Å²) in [6.45, 7) is 0.415. The topological polar surface area (TPSA) is 129 Å².